The summed E-state index contributed by atoms with van der Waals surface area (Å²) >= 11 is 0. The van der Waals surface area contributed by atoms with Crippen LogP contribution in [-0.4, -0.2) is 47.4 Å². The molecule has 6 rings (SSSR count). The molecule has 4 bridgehead atoms. The molecule has 3 saturated heterocycles. The van der Waals surface area contributed by atoms with Crippen molar-refractivity contribution in [1.29, 1.82) is 0 Å². The first-order valence-electron chi connectivity index (χ1n) is 8.44. The average molecular weight is 300 g/mol. The number of fused-ring (bicyclic) bond motifs is 3. The SMILES string of the molecule is CN1CC[C@]23CC4(N)CC[C@@]2(OC4)[C@H]1Cc1ccc(O)cc13. The van der Waals surface area contributed by atoms with E-state index in [1.165, 1.54) is 11.1 Å². The van der Waals surface area contributed by atoms with Crippen LogP contribution in [0.25, 0.3) is 0 Å². The Kier molecular flexibility index (Phi) is 2.34. The number of phenols is 1. The summed E-state index contributed by atoms with van der Waals surface area (Å²) in [6, 6.07) is 6.36. The Morgan fingerprint density at radius 2 is 2.18 bits per heavy atom. The van der Waals surface area contributed by atoms with Gasteiger partial charge < -0.3 is 20.5 Å². The highest BCUT2D eigenvalue weighted by molar-refractivity contribution is 5.49. The van der Waals surface area contributed by atoms with Gasteiger partial charge in [0.2, 0.25) is 0 Å². The minimum absolute atomic E-state index is 0.0122. The summed E-state index contributed by atoms with van der Waals surface area (Å²) in [5.41, 5.74) is 9.03. The van der Waals surface area contributed by atoms with Gasteiger partial charge in [0, 0.05) is 17.0 Å². The number of nitrogens with two attached hydrogens (primary N) is 1. The maximum atomic E-state index is 10.1. The van der Waals surface area contributed by atoms with Crippen LogP contribution in [0, 0.1) is 0 Å². The predicted molar refractivity (Wildman–Crippen MR) is 84.0 cm³/mol. The molecule has 1 saturated carbocycles. The first kappa shape index (κ1) is 13.3. The molecule has 1 aromatic rings. The van der Waals surface area contributed by atoms with Gasteiger partial charge in [0.1, 0.15) is 5.75 Å². The van der Waals surface area contributed by atoms with Crippen molar-refractivity contribution in [2.75, 3.05) is 20.2 Å². The third-order valence-corrected chi connectivity index (χ3v) is 7.06. The van der Waals surface area contributed by atoms with Crippen LogP contribution in [0.4, 0.5) is 0 Å². The summed E-state index contributed by atoms with van der Waals surface area (Å²) in [6.07, 6.45) is 5.21. The maximum absolute atomic E-state index is 10.1. The van der Waals surface area contributed by atoms with Crippen LogP contribution >= 0.6 is 0 Å². The van der Waals surface area contributed by atoms with E-state index >= 15 is 0 Å². The number of nitrogens with zero attached hydrogens (tertiary/aromatic N) is 1. The van der Waals surface area contributed by atoms with Gasteiger partial charge in [-0.25, -0.2) is 0 Å². The van der Waals surface area contributed by atoms with E-state index in [-0.39, 0.29) is 16.6 Å². The number of piperidine rings is 1. The molecule has 3 heterocycles. The molecule has 1 unspecified atom stereocenters. The van der Waals surface area contributed by atoms with E-state index in [1.54, 1.807) is 0 Å². The third kappa shape index (κ3) is 1.35. The molecular formula is C18H24N2O2. The third-order valence-electron chi connectivity index (χ3n) is 7.06. The first-order valence-corrected chi connectivity index (χ1v) is 8.44. The number of likely N-dealkylation sites (tertiary alicyclic amines) is 1. The standard InChI is InChI=1S/C18H24N2O2/c1-20-7-6-17-10-16(19)4-5-18(17,22-11-16)15(20)8-12-2-3-13(21)9-14(12)17/h2-3,9,15,21H,4-8,10-11,19H2,1H3/t15-,16?,17-,18-/m1/s1. The van der Waals surface area contributed by atoms with Crippen molar-refractivity contribution < 1.29 is 9.84 Å². The second-order valence-electron chi connectivity index (χ2n) is 8.09. The Bertz CT molecular complexity index is 650. The fourth-order valence-electron chi connectivity index (χ4n) is 6.05. The average Bonchev–Trinajstić information content (AvgIpc) is 2.51. The molecule has 2 aliphatic carbocycles. The molecule has 1 aromatic carbocycles. The molecule has 5 aliphatic rings. The highest BCUT2D eigenvalue weighted by Gasteiger charge is 2.70. The Morgan fingerprint density at radius 3 is 2.95 bits per heavy atom. The van der Waals surface area contributed by atoms with Gasteiger partial charge in [0.15, 0.2) is 0 Å². The lowest BCUT2D eigenvalue weighted by atomic mass is 9.45. The number of likely N-dealkylation sites (N-methyl/N-ethyl adjacent to an activating group) is 1. The summed E-state index contributed by atoms with van der Waals surface area (Å²) in [5, 5.41) is 10.1. The Balaban J connectivity index is 1.79. The molecule has 22 heavy (non-hydrogen) atoms. The Hall–Kier alpha value is -1.10. The molecule has 4 nitrogen and oxygen atoms in total. The molecule has 4 heteroatoms. The summed E-state index contributed by atoms with van der Waals surface area (Å²) in [7, 11) is 2.23. The summed E-state index contributed by atoms with van der Waals surface area (Å²) < 4.78 is 6.55. The molecular weight excluding hydrogens is 276 g/mol. The van der Waals surface area contributed by atoms with Crippen molar-refractivity contribution in [3.05, 3.63) is 29.3 Å². The van der Waals surface area contributed by atoms with Gasteiger partial charge in [-0.15, -0.1) is 0 Å². The van der Waals surface area contributed by atoms with Gasteiger partial charge in [0.25, 0.3) is 0 Å². The lowest BCUT2D eigenvalue weighted by Gasteiger charge is -2.71. The van der Waals surface area contributed by atoms with Gasteiger partial charge in [-0.1, -0.05) is 6.07 Å². The number of hydrogen-bond acceptors (Lipinski definition) is 4. The van der Waals surface area contributed by atoms with E-state index < -0.39 is 0 Å². The lowest BCUT2D eigenvalue weighted by Crippen LogP contribution is -2.80. The van der Waals surface area contributed by atoms with Crippen molar-refractivity contribution in [3.8, 4) is 5.75 Å². The van der Waals surface area contributed by atoms with Crippen LogP contribution in [0.3, 0.4) is 0 Å². The molecule has 0 amide bonds. The van der Waals surface area contributed by atoms with E-state index in [1.807, 2.05) is 12.1 Å². The van der Waals surface area contributed by atoms with E-state index in [9.17, 15) is 5.11 Å². The van der Waals surface area contributed by atoms with Crippen LogP contribution in [0.5, 0.6) is 5.75 Å². The number of benzene rings is 1. The van der Waals surface area contributed by atoms with Crippen LogP contribution in [0.1, 0.15) is 36.8 Å². The topological polar surface area (TPSA) is 58.7 Å². The van der Waals surface area contributed by atoms with E-state index in [2.05, 4.69) is 18.0 Å². The zero-order chi connectivity index (χ0) is 15.2. The van der Waals surface area contributed by atoms with Crippen LogP contribution < -0.4 is 5.73 Å². The van der Waals surface area contributed by atoms with E-state index in [0.717, 1.165) is 38.6 Å². The zero-order valence-corrected chi connectivity index (χ0v) is 13.1. The monoisotopic (exact) mass is 300 g/mol. The molecule has 0 radical (unpaired) electrons. The number of rotatable bonds is 0. The van der Waals surface area contributed by atoms with E-state index in [0.29, 0.717) is 18.4 Å². The Morgan fingerprint density at radius 1 is 1.32 bits per heavy atom. The van der Waals surface area contributed by atoms with E-state index in [4.69, 9.17) is 10.5 Å². The molecule has 1 spiro atoms. The normalized spacial score (nSPS) is 46.2. The highest BCUT2D eigenvalue weighted by Crippen LogP contribution is 2.63. The minimum atomic E-state index is -0.192. The van der Waals surface area contributed by atoms with Crippen molar-refractivity contribution in [2.45, 2.75) is 54.7 Å². The summed E-state index contributed by atoms with van der Waals surface area (Å²) in [4.78, 5) is 2.49. The second-order valence-corrected chi connectivity index (χ2v) is 8.09. The molecule has 4 fully saturated rings. The van der Waals surface area contributed by atoms with Crippen LogP contribution in [0.2, 0.25) is 0 Å². The van der Waals surface area contributed by atoms with Gasteiger partial charge in [-0.05, 0) is 69.0 Å². The largest absolute Gasteiger partial charge is 0.508 e. The van der Waals surface area contributed by atoms with Crippen molar-refractivity contribution in [3.63, 3.8) is 0 Å². The number of aromatic hydroxyl groups is 1. The smallest absolute Gasteiger partial charge is 0.115 e. The predicted octanol–water partition coefficient (Wildman–Crippen LogP) is 1.54. The fraction of sp³-hybridized carbons (Fsp3) is 0.667. The van der Waals surface area contributed by atoms with Crippen molar-refractivity contribution in [1.82, 2.24) is 4.90 Å². The number of phenolic OH excluding ortho intramolecular Hbond substituents is 1. The quantitative estimate of drug-likeness (QED) is 0.763. The second kappa shape index (κ2) is 3.86. The van der Waals surface area contributed by atoms with Crippen molar-refractivity contribution >= 4 is 0 Å². The van der Waals surface area contributed by atoms with Gasteiger partial charge >= 0.3 is 0 Å². The van der Waals surface area contributed by atoms with Gasteiger partial charge in [-0.3, -0.25) is 0 Å². The molecule has 4 atom stereocenters. The van der Waals surface area contributed by atoms with Gasteiger partial charge in [0.05, 0.1) is 12.2 Å². The van der Waals surface area contributed by atoms with Crippen molar-refractivity contribution in [2.24, 2.45) is 5.73 Å². The molecule has 3 N–H and O–H groups in total. The number of hydrogen-bond donors (Lipinski definition) is 2. The molecule has 0 aromatic heterocycles. The van der Waals surface area contributed by atoms with Crippen LogP contribution in [-0.2, 0) is 16.6 Å². The molecule has 118 valence electrons. The number of ether oxygens (including phenoxy) is 1. The summed E-state index contributed by atoms with van der Waals surface area (Å²) in [5.74, 6) is 0.369. The highest BCUT2D eigenvalue weighted by atomic mass is 16.5. The minimum Gasteiger partial charge on any atom is -0.508 e. The Labute approximate surface area is 131 Å². The first-order chi connectivity index (χ1) is 10.5. The lowest BCUT2D eigenvalue weighted by molar-refractivity contribution is -0.255. The van der Waals surface area contributed by atoms with Gasteiger partial charge in [-0.2, -0.15) is 0 Å². The summed E-state index contributed by atoms with van der Waals surface area (Å²) in [6.45, 7) is 1.77. The van der Waals surface area contributed by atoms with Crippen LogP contribution in [0.15, 0.2) is 18.2 Å². The zero-order valence-electron chi connectivity index (χ0n) is 13.1. The fourth-order valence-corrected chi connectivity index (χ4v) is 6.05. The molecule has 3 aliphatic heterocycles. The maximum Gasteiger partial charge on any atom is 0.115 e.